The molecule has 0 bridgehead atoms. The van der Waals surface area contributed by atoms with Crippen molar-refractivity contribution in [2.24, 2.45) is 0 Å². The van der Waals surface area contributed by atoms with Crippen LogP contribution in [0.25, 0.3) is 0 Å². The smallest absolute Gasteiger partial charge is 0.0634 e. The summed E-state index contributed by atoms with van der Waals surface area (Å²) >= 11 is 3.19. The first kappa shape index (κ1) is 6.44. The summed E-state index contributed by atoms with van der Waals surface area (Å²) in [6, 6.07) is 0. The second kappa shape index (κ2) is 2.59. The van der Waals surface area contributed by atoms with E-state index in [0.717, 1.165) is 0 Å². The van der Waals surface area contributed by atoms with Crippen molar-refractivity contribution < 1.29 is 5.11 Å². The lowest BCUT2D eigenvalue weighted by Gasteiger charge is -2.02. The fourth-order valence-electron chi connectivity index (χ4n) is 0. The van der Waals surface area contributed by atoms with E-state index in [2.05, 4.69) is 15.9 Å². The molecule has 38 valence electrons. The summed E-state index contributed by atoms with van der Waals surface area (Å²) in [5, 5.41) is 8.58. The number of hydrogen-bond acceptors (Lipinski definition) is 1. The molecule has 6 heavy (non-hydrogen) atoms. The molecule has 0 aliphatic carbocycles. The van der Waals surface area contributed by atoms with Gasteiger partial charge in [0.25, 0.3) is 0 Å². The monoisotopic (exact) mass is 152 g/mol. The van der Waals surface area contributed by atoms with Crippen LogP contribution >= 0.6 is 15.9 Å². The van der Waals surface area contributed by atoms with Crippen molar-refractivity contribution in [1.82, 2.24) is 0 Å². The minimum absolute atomic E-state index is 0.220. The summed E-state index contributed by atoms with van der Waals surface area (Å²) in [6.45, 7) is 3.66. The quantitative estimate of drug-likeness (QED) is 0.560. The number of rotatable bonds is 1. The molecule has 0 radical (unpaired) electrons. The normalized spacial score (nSPS) is 20.0. The van der Waals surface area contributed by atoms with Gasteiger partial charge in [0.15, 0.2) is 0 Å². The van der Waals surface area contributed by atoms with Gasteiger partial charge in [-0.2, -0.15) is 0 Å². The Bertz CT molecular complexity index is 28.5. The zero-order chi connectivity index (χ0) is 5.15. The molecular formula is C4H9BrO. The fraction of sp³-hybridized carbons (Fsp3) is 1.00. The molecule has 0 aromatic heterocycles. The zero-order valence-electron chi connectivity index (χ0n) is 3.98. The molecule has 0 amide bonds. The van der Waals surface area contributed by atoms with E-state index in [0.29, 0.717) is 0 Å². The Kier molecular flexibility index (Phi) is 2.78. The SMILES string of the molecule is C[C@H](O)[C@H](C)Br. The Balaban J connectivity index is 2.99. The summed E-state index contributed by atoms with van der Waals surface area (Å²) in [7, 11) is 0. The highest BCUT2D eigenvalue weighted by atomic mass is 79.9. The summed E-state index contributed by atoms with van der Waals surface area (Å²) in [5.41, 5.74) is 0. The van der Waals surface area contributed by atoms with Crippen LogP contribution in [0.1, 0.15) is 13.8 Å². The first-order valence-corrected chi connectivity index (χ1v) is 2.88. The average Bonchev–Trinajstić information content (AvgIpc) is 1.36. The van der Waals surface area contributed by atoms with Gasteiger partial charge < -0.3 is 5.11 Å². The number of halogens is 1. The van der Waals surface area contributed by atoms with Crippen LogP contribution in [0.5, 0.6) is 0 Å². The Morgan fingerprint density at radius 1 is 1.50 bits per heavy atom. The predicted molar refractivity (Wildman–Crippen MR) is 30.1 cm³/mol. The highest BCUT2D eigenvalue weighted by Crippen LogP contribution is 2.01. The average molecular weight is 153 g/mol. The molecule has 0 heterocycles. The third-order valence-corrected chi connectivity index (χ3v) is 1.43. The molecule has 0 saturated heterocycles. The van der Waals surface area contributed by atoms with E-state index in [4.69, 9.17) is 5.11 Å². The molecule has 1 N–H and O–H groups in total. The predicted octanol–water partition coefficient (Wildman–Crippen LogP) is 1.15. The minimum atomic E-state index is -0.231. The highest BCUT2D eigenvalue weighted by Gasteiger charge is 1.99. The lowest BCUT2D eigenvalue weighted by molar-refractivity contribution is 0.198. The first-order valence-electron chi connectivity index (χ1n) is 1.96. The summed E-state index contributed by atoms with van der Waals surface area (Å²) in [6.07, 6.45) is -0.231. The molecule has 0 rings (SSSR count). The van der Waals surface area contributed by atoms with E-state index < -0.39 is 0 Å². The van der Waals surface area contributed by atoms with Crippen molar-refractivity contribution in [2.45, 2.75) is 24.8 Å². The summed E-state index contributed by atoms with van der Waals surface area (Å²) in [4.78, 5) is 0.220. The summed E-state index contributed by atoms with van der Waals surface area (Å²) < 4.78 is 0. The third-order valence-electron chi connectivity index (χ3n) is 0.665. The molecule has 1 nitrogen and oxygen atoms in total. The zero-order valence-corrected chi connectivity index (χ0v) is 5.57. The van der Waals surface area contributed by atoms with Crippen LogP contribution in [0.4, 0.5) is 0 Å². The van der Waals surface area contributed by atoms with Gasteiger partial charge in [-0.25, -0.2) is 0 Å². The van der Waals surface area contributed by atoms with Crippen LogP contribution in [-0.4, -0.2) is 16.0 Å². The molecule has 2 atom stereocenters. The summed E-state index contributed by atoms with van der Waals surface area (Å²) in [5.74, 6) is 0. The van der Waals surface area contributed by atoms with Gasteiger partial charge in [-0.1, -0.05) is 22.9 Å². The number of hydrogen-bond donors (Lipinski definition) is 1. The lowest BCUT2D eigenvalue weighted by atomic mass is 10.3. The first-order chi connectivity index (χ1) is 2.64. The van der Waals surface area contributed by atoms with Gasteiger partial charge in [0.05, 0.1) is 6.10 Å². The van der Waals surface area contributed by atoms with Crippen molar-refractivity contribution in [3.8, 4) is 0 Å². The van der Waals surface area contributed by atoms with E-state index in [1.165, 1.54) is 0 Å². The molecule has 0 aliphatic heterocycles. The molecule has 0 aliphatic rings. The van der Waals surface area contributed by atoms with E-state index >= 15 is 0 Å². The van der Waals surface area contributed by atoms with Crippen LogP contribution in [0.3, 0.4) is 0 Å². The Morgan fingerprint density at radius 3 is 1.67 bits per heavy atom. The van der Waals surface area contributed by atoms with Gasteiger partial charge in [-0.3, -0.25) is 0 Å². The van der Waals surface area contributed by atoms with Gasteiger partial charge in [0.1, 0.15) is 0 Å². The molecule has 0 unspecified atom stereocenters. The number of aliphatic hydroxyl groups is 1. The van der Waals surface area contributed by atoms with Crippen LogP contribution in [0.15, 0.2) is 0 Å². The Morgan fingerprint density at radius 2 is 1.67 bits per heavy atom. The van der Waals surface area contributed by atoms with Gasteiger partial charge >= 0.3 is 0 Å². The third kappa shape index (κ3) is 2.67. The standard InChI is InChI=1S/C4H9BrO/c1-3(5)4(2)6/h3-4,6H,1-2H3/t3-,4-/m0/s1. The van der Waals surface area contributed by atoms with Crippen LogP contribution in [0.2, 0.25) is 0 Å². The van der Waals surface area contributed by atoms with Gasteiger partial charge in [0.2, 0.25) is 0 Å². The molecule has 2 heteroatoms. The maximum Gasteiger partial charge on any atom is 0.0634 e. The van der Waals surface area contributed by atoms with Crippen LogP contribution in [-0.2, 0) is 0 Å². The molecule has 0 saturated carbocycles. The highest BCUT2D eigenvalue weighted by molar-refractivity contribution is 9.09. The van der Waals surface area contributed by atoms with Crippen LogP contribution < -0.4 is 0 Å². The van der Waals surface area contributed by atoms with E-state index in [-0.39, 0.29) is 10.9 Å². The minimum Gasteiger partial charge on any atom is -0.392 e. The lowest BCUT2D eigenvalue weighted by Crippen LogP contribution is -2.10. The molecular weight excluding hydrogens is 144 g/mol. The van der Waals surface area contributed by atoms with Crippen LogP contribution in [0, 0.1) is 0 Å². The second-order valence-corrected chi connectivity index (χ2v) is 2.86. The van der Waals surface area contributed by atoms with Gasteiger partial charge in [-0.05, 0) is 6.92 Å². The maximum absolute atomic E-state index is 8.58. The maximum atomic E-state index is 8.58. The van der Waals surface area contributed by atoms with Crippen molar-refractivity contribution >= 4 is 15.9 Å². The number of aliphatic hydroxyl groups excluding tert-OH is 1. The topological polar surface area (TPSA) is 20.2 Å². The van der Waals surface area contributed by atoms with Gasteiger partial charge in [0, 0.05) is 4.83 Å². The van der Waals surface area contributed by atoms with Crippen molar-refractivity contribution in [1.29, 1.82) is 0 Å². The van der Waals surface area contributed by atoms with Crippen molar-refractivity contribution in [3.63, 3.8) is 0 Å². The molecule has 0 spiro atoms. The van der Waals surface area contributed by atoms with Crippen molar-refractivity contribution in [2.75, 3.05) is 0 Å². The molecule has 0 aromatic rings. The van der Waals surface area contributed by atoms with E-state index in [1.807, 2.05) is 6.92 Å². The number of alkyl halides is 1. The fourth-order valence-corrected chi connectivity index (χ4v) is 0. The van der Waals surface area contributed by atoms with E-state index in [9.17, 15) is 0 Å². The Hall–Kier alpha value is 0.440. The Labute approximate surface area is 46.5 Å². The van der Waals surface area contributed by atoms with Gasteiger partial charge in [-0.15, -0.1) is 0 Å². The largest absolute Gasteiger partial charge is 0.392 e. The van der Waals surface area contributed by atoms with E-state index in [1.54, 1.807) is 6.92 Å². The molecule has 0 aromatic carbocycles. The van der Waals surface area contributed by atoms with Crippen molar-refractivity contribution in [3.05, 3.63) is 0 Å². The second-order valence-electron chi connectivity index (χ2n) is 1.42. The molecule has 0 fully saturated rings.